The SMILES string of the molecule is Nc1c(F)cc(-c2ccc(C(F)(F)F)cc2)cc1/C=C/C(=O)O. The summed E-state index contributed by atoms with van der Waals surface area (Å²) in [4.78, 5) is 10.5. The first-order valence-electron chi connectivity index (χ1n) is 6.36. The van der Waals surface area contributed by atoms with Crippen LogP contribution in [0.15, 0.2) is 42.5 Å². The molecule has 0 bridgehead atoms. The predicted molar refractivity (Wildman–Crippen MR) is 77.9 cm³/mol. The van der Waals surface area contributed by atoms with E-state index in [4.69, 9.17) is 10.8 Å². The highest BCUT2D eigenvalue weighted by atomic mass is 19.4. The molecule has 120 valence electrons. The molecule has 2 aromatic rings. The zero-order valence-corrected chi connectivity index (χ0v) is 11.6. The smallest absolute Gasteiger partial charge is 0.416 e. The number of carboxylic acids is 1. The number of hydrogen-bond acceptors (Lipinski definition) is 2. The molecule has 0 saturated heterocycles. The van der Waals surface area contributed by atoms with Crippen molar-refractivity contribution in [3.05, 3.63) is 59.4 Å². The van der Waals surface area contributed by atoms with Crippen molar-refractivity contribution >= 4 is 17.7 Å². The maximum atomic E-state index is 13.8. The van der Waals surface area contributed by atoms with Crippen LogP contribution in [0.4, 0.5) is 23.2 Å². The third kappa shape index (κ3) is 3.88. The Bertz CT molecular complexity index is 765. The molecule has 23 heavy (non-hydrogen) atoms. The topological polar surface area (TPSA) is 63.3 Å². The molecular weight excluding hydrogens is 314 g/mol. The fourth-order valence-corrected chi connectivity index (χ4v) is 1.96. The van der Waals surface area contributed by atoms with Gasteiger partial charge in [-0.2, -0.15) is 13.2 Å². The molecule has 0 amide bonds. The fraction of sp³-hybridized carbons (Fsp3) is 0.0625. The molecule has 0 unspecified atom stereocenters. The number of anilines is 1. The second kappa shape index (κ2) is 6.12. The third-order valence-electron chi connectivity index (χ3n) is 3.11. The first-order valence-corrected chi connectivity index (χ1v) is 6.36. The van der Waals surface area contributed by atoms with Gasteiger partial charge in [0.2, 0.25) is 0 Å². The molecule has 0 radical (unpaired) electrons. The molecule has 2 rings (SSSR count). The van der Waals surface area contributed by atoms with Crippen LogP contribution in [0, 0.1) is 5.82 Å². The molecule has 0 aromatic heterocycles. The average molecular weight is 325 g/mol. The Kier molecular flexibility index (Phi) is 4.40. The van der Waals surface area contributed by atoms with Gasteiger partial charge in [0, 0.05) is 11.6 Å². The number of carboxylic acid groups (broad SMARTS) is 1. The molecule has 0 aliphatic rings. The molecular formula is C16H11F4NO2. The van der Waals surface area contributed by atoms with E-state index in [9.17, 15) is 22.4 Å². The Morgan fingerprint density at radius 1 is 1.09 bits per heavy atom. The Hall–Kier alpha value is -2.83. The maximum Gasteiger partial charge on any atom is 0.416 e. The summed E-state index contributed by atoms with van der Waals surface area (Å²) in [5, 5.41) is 8.60. The Morgan fingerprint density at radius 2 is 1.70 bits per heavy atom. The van der Waals surface area contributed by atoms with Gasteiger partial charge in [0.1, 0.15) is 5.82 Å². The Morgan fingerprint density at radius 3 is 2.22 bits per heavy atom. The van der Waals surface area contributed by atoms with Crippen LogP contribution < -0.4 is 5.73 Å². The molecule has 0 fully saturated rings. The van der Waals surface area contributed by atoms with Crippen LogP contribution in [0.25, 0.3) is 17.2 Å². The fourth-order valence-electron chi connectivity index (χ4n) is 1.96. The molecule has 0 saturated carbocycles. The summed E-state index contributed by atoms with van der Waals surface area (Å²) in [5.41, 5.74) is 5.24. The van der Waals surface area contributed by atoms with Crippen molar-refractivity contribution in [1.29, 1.82) is 0 Å². The van der Waals surface area contributed by atoms with Gasteiger partial charge in [0.25, 0.3) is 0 Å². The highest BCUT2D eigenvalue weighted by Crippen LogP contribution is 2.32. The monoisotopic (exact) mass is 325 g/mol. The quantitative estimate of drug-likeness (QED) is 0.505. The van der Waals surface area contributed by atoms with Crippen molar-refractivity contribution in [2.24, 2.45) is 0 Å². The van der Waals surface area contributed by atoms with Crippen LogP contribution >= 0.6 is 0 Å². The van der Waals surface area contributed by atoms with E-state index < -0.39 is 23.5 Å². The zero-order valence-electron chi connectivity index (χ0n) is 11.6. The molecule has 0 heterocycles. The van der Waals surface area contributed by atoms with Gasteiger partial charge in [-0.15, -0.1) is 0 Å². The number of rotatable bonds is 3. The van der Waals surface area contributed by atoms with Crippen LogP contribution in [-0.2, 0) is 11.0 Å². The van der Waals surface area contributed by atoms with Crippen LogP contribution in [0.2, 0.25) is 0 Å². The molecule has 0 spiro atoms. The standard InChI is InChI=1S/C16H11F4NO2/c17-13-8-11(7-10(15(13)21)3-6-14(22)23)9-1-4-12(5-2-9)16(18,19)20/h1-8H,21H2,(H,22,23)/b6-3+. The predicted octanol–water partition coefficient (Wildman–Crippen LogP) is 4.19. The van der Waals surface area contributed by atoms with Crippen molar-refractivity contribution in [3.8, 4) is 11.1 Å². The number of nitrogen functional groups attached to an aromatic ring is 1. The Balaban J connectivity index is 2.45. The number of alkyl halides is 3. The highest BCUT2D eigenvalue weighted by Gasteiger charge is 2.30. The minimum absolute atomic E-state index is 0.127. The van der Waals surface area contributed by atoms with Crippen molar-refractivity contribution < 1.29 is 27.5 Å². The van der Waals surface area contributed by atoms with Crippen molar-refractivity contribution in [1.82, 2.24) is 0 Å². The van der Waals surface area contributed by atoms with Crippen molar-refractivity contribution in [2.45, 2.75) is 6.18 Å². The second-order valence-electron chi connectivity index (χ2n) is 4.71. The number of halogens is 4. The largest absolute Gasteiger partial charge is 0.478 e. The number of hydrogen-bond donors (Lipinski definition) is 2. The summed E-state index contributed by atoms with van der Waals surface area (Å²) < 4.78 is 51.4. The van der Waals surface area contributed by atoms with Gasteiger partial charge in [-0.05, 0) is 41.5 Å². The summed E-state index contributed by atoms with van der Waals surface area (Å²) in [6.07, 6.45) is -2.55. The van der Waals surface area contributed by atoms with Gasteiger partial charge in [-0.1, -0.05) is 12.1 Å². The summed E-state index contributed by atoms with van der Waals surface area (Å²) in [6, 6.07) is 6.67. The lowest BCUT2D eigenvalue weighted by molar-refractivity contribution is -0.137. The number of carbonyl (C=O) groups is 1. The first kappa shape index (κ1) is 16.5. The lowest BCUT2D eigenvalue weighted by Crippen LogP contribution is -2.04. The number of benzene rings is 2. The van der Waals surface area contributed by atoms with Gasteiger partial charge >= 0.3 is 12.1 Å². The molecule has 0 atom stereocenters. The first-order chi connectivity index (χ1) is 10.7. The van der Waals surface area contributed by atoms with Crippen LogP contribution in [0.1, 0.15) is 11.1 Å². The normalized spacial score (nSPS) is 11.8. The van der Waals surface area contributed by atoms with Crippen molar-refractivity contribution in [2.75, 3.05) is 5.73 Å². The summed E-state index contributed by atoms with van der Waals surface area (Å²) in [6.45, 7) is 0. The van der Waals surface area contributed by atoms with Gasteiger partial charge in [-0.25, -0.2) is 9.18 Å². The third-order valence-corrected chi connectivity index (χ3v) is 3.11. The van der Waals surface area contributed by atoms with E-state index in [1.54, 1.807) is 0 Å². The lowest BCUT2D eigenvalue weighted by Gasteiger charge is -2.10. The van der Waals surface area contributed by atoms with E-state index >= 15 is 0 Å². The highest BCUT2D eigenvalue weighted by molar-refractivity contribution is 5.87. The minimum atomic E-state index is -4.46. The molecule has 0 aliphatic heterocycles. The second-order valence-corrected chi connectivity index (χ2v) is 4.71. The number of aliphatic carboxylic acids is 1. The van der Waals surface area contributed by atoms with Crippen molar-refractivity contribution in [3.63, 3.8) is 0 Å². The minimum Gasteiger partial charge on any atom is -0.478 e. The van der Waals surface area contributed by atoms with E-state index in [2.05, 4.69) is 0 Å². The van der Waals surface area contributed by atoms with Crippen LogP contribution in [0.3, 0.4) is 0 Å². The zero-order chi connectivity index (χ0) is 17.2. The van der Waals surface area contributed by atoms with E-state index in [1.807, 2.05) is 0 Å². The molecule has 7 heteroatoms. The van der Waals surface area contributed by atoms with E-state index in [0.29, 0.717) is 5.56 Å². The summed E-state index contributed by atoms with van der Waals surface area (Å²) in [5.74, 6) is -2.02. The van der Waals surface area contributed by atoms with Crippen LogP contribution in [0.5, 0.6) is 0 Å². The van der Waals surface area contributed by atoms with Gasteiger partial charge in [-0.3, -0.25) is 0 Å². The van der Waals surface area contributed by atoms with Crippen LogP contribution in [-0.4, -0.2) is 11.1 Å². The summed E-state index contributed by atoms with van der Waals surface area (Å²) >= 11 is 0. The van der Waals surface area contributed by atoms with E-state index in [0.717, 1.165) is 30.4 Å². The molecule has 3 nitrogen and oxygen atoms in total. The lowest BCUT2D eigenvalue weighted by atomic mass is 10.00. The molecule has 3 N–H and O–H groups in total. The molecule has 2 aromatic carbocycles. The molecule has 0 aliphatic carbocycles. The van der Waals surface area contributed by atoms with Gasteiger partial charge < -0.3 is 10.8 Å². The van der Waals surface area contributed by atoms with E-state index in [-0.39, 0.29) is 16.8 Å². The van der Waals surface area contributed by atoms with Gasteiger partial charge in [0.15, 0.2) is 0 Å². The maximum absolute atomic E-state index is 13.8. The average Bonchev–Trinajstić information content (AvgIpc) is 2.47. The van der Waals surface area contributed by atoms with Gasteiger partial charge in [0.05, 0.1) is 11.3 Å². The summed E-state index contributed by atoms with van der Waals surface area (Å²) in [7, 11) is 0. The Labute approximate surface area is 128 Å². The number of nitrogens with two attached hydrogens (primary N) is 1. The van der Waals surface area contributed by atoms with E-state index in [1.165, 1.54) is 18.2 Å².